The van der Waals surface area contributed by atoms with Crippen LogP contribution < -0.4 is 10.5 Å². The van der Waals surface area contributed by atoms with Gasteiger partial charge in [-0.2, -0.15) is 0 Å². The van der Waals surface area contributed by atoms with Crippen molar-refractivity contribution in [1.82, 2.24) is 0 Å². The van der Waals surface area contributed by atoms with Crippen LogP contribution in [0, 0.1) is 12.7 Å². The van der Waals surface area contributed by atoms with E-state index in [4.69, 9.17) is 10.5 Å². The molecule has 0 radical (unpaired) electrons. The van der Waals surface area contributed by atoms with Crippen LogP contribution in [0.3, 0.4) is 0 Å². The maximum atomic E-state index is 13.9. The molecule has 0 amide bonds. The van der Waals surface area contributed by atoms with E-state index in [0.29, 0.717) is 5.75 Å². The summed E-state index contributed by atoms with van der Waals surface area (Å²) in [5, 5.41) is 0. The molecule has 2 nitrogen and oxygen atoms in total. The molecule has 1 atom stereocenters. The van der Waals surface area contributed by atoms with Gasteiger partial charge in [0.25, 0.3) is 0 Å². The molecule has 0 aromatic heterocycles. The summed E-state index contributed by atoms with van der Waals surface area (Å²) in [5.74, 6) is 0.418. The van der Waals surface area contributed by atoms with Crippen LogP contribution >= 0.6 is 15.9 Å². The van der Waals surface area contributed by atoms with Gasteiger partial charge in [0, 0.05) is 10.5 Å². The maximum Gasteiger partial charge on any atom is 0.166 e. The summed E-state index contributed by atoms with van der Waals surface area (Å²) in [6.07, 6.45) is 0. The lowest BCUT2D eigenvalue weighted by molar-refractivity contribution is 0.438. The highest BCUT2D eigenvalue weighted by Gasteiger charge is 2.09. The molecule has 100 valence electrons. The average molecular weight is 324 g/mol. The highest BCUT2D eigenvalue weighted by Crippen LogP contribution is 2.30. The van der Waals surface area contributed by atoms with E-state index in [9.17, 15) is 4.39 Å². The van der Waals surface area contributed by atoms with Crippen LogP contribution in [0.15, 0.2) is 40.9 Å². The number of nitrogens with two attached hydrogens (primary N) is 1. The van der Waals surface area contributed by atoms with Crippen molar-refractivity contribution in [3.63, 3.8) is 0 Å². The van der Waals surface area contributed by atoms with Gasteiger partial charge in [-0.05, 0) is 49.2 Å². The largest absolute Gasteiger partial charge is 0.454 e. The monoisotopic (exact) mass is 323 g/mol. The van der Waals surface area contributed by atoms with Crippen LogP contribution in [0.4, 0.5) is 4.39 Å². The van der Waals surface area contributed by atoms with Crippen molar-refractivity contribution >= 4 is 15.9 Å². The van der Waals surface area contributed by atoms with Crippen molar-refractivity contribution < 1.29 is 9.13 Å². The lowest BCUT2D eigenvalue weighted by atomic mass is 10.1. The number of aryl methyl sites for hydroxylation is 1. The summed E-state index contributed by atoms with van der Waals surface area (Å²) in [7, 11) is 0. The Morgan fingerprint density at radius 3 is 2.53 bits per heavy atom. The molecule has 0 aliphatic rings. The van der Waals surface area contributed by atoms with Gasteiger partial charge in [-0.3, -0.25) is 0 Å². The highest BCUT2D eigenvalue weighted by molar-refractivity contribution is 9.10. The minimum atomic E-state index is -0.408. The SMILES string of the molecule is Cc1ccc(Br)cc1Oc1ccc([C@H](C)N)cc1F. The van der Waals surface area contributed by atoms with E-state index in [0.717, 1.165) is 15.6 Å². The van der Waals surface area contributed by atoms with E-state index in [2.05, 4.69) is 15.9 Å². The second-order valence-corrected chi connectivity index (χ2v) is 5.41. The molecule has 0 bridgehead atoms. The predicted molar refractivity (Wildman–Crippen MR) is 78.0 cm³/mol. The van der Waals surface area contributed by atoms with Gasteiger partial charge in [-0.15, -0.1) is 0 Å². The Bertz CT molecular complexity index is 599. The maximum absolute atomic E-state index is 13.9. The van der Waals surface area contributed by atoms with Crippen molar-refractivity contribution in [2.24, 2.45) is 5.73 Å². The van der Waals surface area contributed by atoms with Crippen molar-refractivity contribution in [3.8, 4) is 11.5 Å². The Hall–Kier alpha value is -1.39. The molecule has 0 spiro atoms. The van der Waals surface area contributed by atoms with Crippen molar-refractivity contribution in [3.05, 3.63) is 57.8 Å². The van der Waals surface area contributed by atoms with Crippen LogP contribution in [0.1, 0.15) is 24.1 Å². The molecule has 0 aliphatic heterocycles. The van der Waals surface area contributed by atoms with Crippen molar-refractivity contribution in [1.29, 1.82) is 0 Å². The average Bonchev–Trinajstić information content (AvgIpc) is 2.36. The molecular formula is C15H15BrFNO. The van der Waals surface area contributed by atoms with E-state index in [1.165, 1.54) is 6.07 Å². The molecule has 0 saturated heterocycles. The molecule has 0 saturated carbocycles. The third kappa shape index (κ3) is 3.33. The zero-order valence-corrected chi connectivity index (χ0v) is 12.4. The van der Waals surface area contributed by atoms with E-state index < -0.39 is 5.82 Å². The first-order chi connectivity index (χ1) is 8.97. The van der Waals surface area contributed by atoms with Crippen LogP contribution in [-0.2, 0) is 0 Å². The first-order valence-corrected chi connectivity index (χ1v) is 6.75. The fourth-order valence-corrected chi connectivity index (χ4v) is 2.03. The number of rotatable bonds is 3. The lowest BCUT2D eigenvalue weighted by Gasteiger charge is -2.12. The Labute approximate surface area is 120 Å². The number of hydrogen-bond donors (Lipinski definition) is 1. The summed E-state index contributed by atoms with van der Waals surface area (Å²) in [4.78, 5) is 0. The van der Waals surface area contributed by atoms with Gasteiger partial charge in [-0.25, -0.2) is 4.39 Å². The van der Waals surface area contributed by atoms with Gasteiger partial charge in [-0.1, -0.05) is 28.1 Å². The lowest BCUT2D eigenvalue weighted by Crippen LogP contribution is -2.05. The Balaban J connectivity index is 2.31. The molecule has 0 fully saturated rings. The van der Waals surface area contributed by atoms with Crippen LogP contribution in [-0.4, -0.2) is 0 Å². The van der Waals surface area contributed by atoms with Crippen LogP contribution in [0.2, 0.25) is 0 Å². The molecule has 0 heterocycles. The number of benzene rings is 2. The van der Waals surface area contributed by atoms with Gasteiger partial charge in [0.05, 0.1) is 0 Å². The normalized spacial score (nSPS) is 12.3. The Kier molecular flexibility index (Phi) is 4.22. The van der Waals surface area contributed by atoms with Gasteiger partial charge in [0.1, 0.15) is 5.75 Å². The number of hydrogen-bond acceptors (Lipinski definition) is 2. The van der Waals surface area contributed by atoms with E-state index in [1.807, 2.05) is 32.0 Å². The second kappa shape index (κ2) is 5.72. The van der Waals surface area contributed by atoms with E-state index in [-0.39, 0.29) is 11.8 Å². The van der Waals surface area contributed by atoms with Crippen LogP contribution in [0.5, 0.6) is 11.5 Å². The predicted octanol–water partition coefficient (Wildman–Crippen LogP) is 4.71. The van der Waals surface area contributed by atoms with Gasteiger partial charge in [0.2, 0.25) is 0 Å². The molecule has 2 rings (SSSR count). The molecule has 0 unspecified atom stereocenters. The summed E-state index contributed by atoms with van der Waals surface area (Å²) in [6.45, 7) is 3.73. The van der Waals surface area contributed by atoms with Crippen molar-refractivity contribution in [2.45, 2.75) is 19.9 Å². The fourth-order valence-electron chi connectivity index (χ4n) is 1.69. The van der Waals surface area contributed by atoms with Gasteiger partial charge < -0.3 is 10.5 Å². The van der Waals surface area contributed by atoms with Gasteiger partial charge in [0.15, 0.2) is 11.6 Å². The quantitative estimate of drug-likeness (QED) is 0.887. The van der Waals surface area contributed by atoms with Gasteiger partial charge >= 0.3 is 0 Å². The highest BCUT2D eigenvalue weighted by atomic mass is 79.9. The first-order valence-electron chi connectivity index (χ1n) is 5.96. The van der Waals surface area contributed by atoms with E-state index >= 15 is 0 Å². The first kappa shape index (κ1) is 14.0. The molecule has 2 N–H and O–H groups in total. The topological polar surface area (TPSA) is 35.2 Å². The summed E-state index contributed by atoms with van der Waals surface area (Å²) < 4.78 is 20.4. The Morgan fingerprint density at radius 2 is 1.89 bits per heavy atom. The van der Waals surface area contributed by atoms with Crippen molar-refractivity contribution in [2.75, 3.05) is 0 Å². The molecule has 2 aromatic carbocycles. The zero-order valence-electron chi connectivity index (χ0n) is 10.8. The number of ether oxygens (including phenoxy) is 1. The molecular weight excluding hydrogens is 309 g/mol. The summed E-state index contributed by atoms with van der Waals surface area (Å²) >= 11 is 3.37. The third-order valence-corrected chi connectivity index (χ3v) is 3.35. The summed E-state index contributed by atoms with van der Waals surface area (Å²) in [5.41, 5.74) is 7.41. The van der Waals surface area contributed by atoms with E-state index in [1.54, 1.807) is 12.1 Å². The molecule has 4 heteroatoms. The molecule has 19 heavy (non-hydrogen) atoms. The fraction of sp³-hybridized carbons (Fsp3) is 0.200. The third-order valence-electron chi connectivity index (χ3n) is 2.85. The molecule has 0 aliphatic carbocycles. The second-order valence-electron chi connectivity index (χ2n) is 4.49. The number of halogens is 2. The smallest absolute Gasteiger partial charge is 0.166 e. The minimum Gasteiger partial charge on any atom is -0.454 e. The molecule has 2 aromatic rings. The Morgan fingerprint density at radius 1 is 1.16 bits per heavy atom. The van der Waals surface area contributed by atoms with Crippen LogP contribution in [0.25, 0.3) is 0 Å². The minimum absolute atomic E-state index is 0.198. The standard InChI is InChI=1S/C15H15BrFNO/c1-9-3-5-12(16)8-15(9)19-14-6-4-11(10(2)18)7-13(14)17/h3-8,10H,18H2,1-2H3/t10-/m0/s1. The zero-order chi connectivity index (χ0) is 14.0. The summed E-state index contributed by atoms with van der Waals surface area (Å²) in [6, 6.07) is 10.2.